The van der Waals surface area contributed by atoms with E-state index in [4.69, 9.17) is 9.57 Å². The van der Waals surface area contributed by atoms with E-state index in [0.29, 0.717) is 17.0 Å². The fraction of sp³-hybridized carbons (Fsp3) is 0.448. The van der Waals surface area contributed by atoms with Crippen molar-refractivity contribution >= 4 is 23.8 Å². The van der Waals surface area contributed by atoms with E-state index in [1.165, 1.54) is 5.56 Å². The fourth-order valence-corrected chi connectivity index (χ4v) is 4.89. The first-order valence-corrected chi connectivity index (χ1v) is 12.9. The molecule has 36 heavy (non-hydrogen) atoms. The number of carbonyl (C=O) groups excluding carboxylic acids is 4. The van der Waals surface area contributed by atoms with Crippen LogP contribution in [0.1, 0.15) is 98.2 Å². The number of fused-ring (bicyclic) bond motifs is 3. The van der Waals surface area contributed by atoms with Gasteiger partial charge < -0.3 is 4.74 Å². The molecule has 2 aliphatic rings. The first-order valence-electron chi connectivity index (χ1n) is 12.9. The molecular weight excluding hydrogens is 458 g/mol. The van der Waals surface area contributed by atoms with E-state index >= 15 is 0 Å². The molecule has 7 nitrogen and oxygen atoms in total. The highest BCUT2D eigenvalue weighted by Gasteiger charge is 2.35. The lowest BCUT2D eigenvalue weighted by Crippen LogP contribution is -2.32. The van der Waals surface area contributed by atoms with E-state index in [9.17, 15) is 19.2 Å². The number of hydroxylamine groups is 2. The molecule has 0 N–H and O–H groups in total. The molecule has 1 fully saturated rings. The lowest BCUT2D eigenvalue weighted by Gasteiger charge is -2.17. The number of carbonyl (C=O) groups is 4. The van der Waals surface area contributed by atoms with Crippen LogP contribution in [-0.4, -0.2) is 35.4 Å². The summed E-state index contributed by atoms with van der Waals surface area (Å²) in [5, 5.41) is 0.481. The summed E-state index contributed by atoms with van der Waals surface area (Å²) in [6.07, 6.45) is 5.59. The van der Waals surface area contributed by atoms with Gasteiger partial charge in [-0.1, -0.05) is 68.5 Å². The van der Waals surface area contributed by atoms with Crippen LogP contribution in [0.25, 0.3) is 11.1 Å². The van der Waals surface area contributed by atoms with Crippen molar-refractivity contribution in [3.05, 3.63) is 58.7 Å². The zero-order valence-electron chi connectivity index (χ0n) is 21.0. The van der Waals surface area contributed by atoms with Crippen molar-refractivity contribution in [2.24, 2.45) is 0 Å². The molecule has 1 aliphatic heterocycles. The summed E-state index contributed by atoms with van der Waals surface area (Å²) in [6.45, 7) is 4.20. The molecule has 2 aromatic carbocycles. The number of ketones is 1. The van der Waals surface area contributed by atoms with E-state index in [2.05, 4.69) is 32.0 Å². The van der Waals surface area contributed by atoms with Gasteiger partial charge in [-0.3, -0.25) is 19.2 Å². The largest absolute Gasteiger partial charge is 0.533 e. The lowest BCUT2D eigenvalue weighted by molar-refractivity contribution is -0.177. The van der Waals surface area contributed by atoms with Gasteiger partial charge in [-0.25, -0.2) is 4.79 Å². The van der Waals surface area contributed by atoms with E-state index in [1.807, 2.05) is 18.2 Å². The molecule has 2 amide bonds. The van der Waals surface area contributed by atoms with Crippen molar-refractivity contribution in [3.63, 3.8) is 0 Å². The molecule has 4 rings (SSSR count). The normalized spacial score (nSPS) is 16.2. The zero-order chi connectivity index (χ0) is 25.7. The summed E-state index contributed by atoms with van der Waals surface area (Å²) in [5.41, 5.74) is 5.92. The lowest BCUT2D eigenvalue weighted by atomic mass is 9.93. The van der Waals surface area contributed by atoms with Crippen LogP contribution in [0.15, 0.2) is 36.4 Å². The van der Waals surface area contributed by atoms with Gasteiger partial charge in [0.05, 0.1) is 0 Å². The van der Waals surface area contributed by atoms with Crippen LogP contribution < -0.4 is 0 Å². The quantitative estimate of drug-likeness (QED) is 0.163. The van der Waals surface area contributed by atoms with Crippen molar-refractivity contribution in [2.45, 2.75) is 77.6 Å². The third kappa shape index (κ3) is 5.50. The number of benzene rings is 2. The second-order valence-corrected chi connectivity index (χ2v) is 9.49. The van der Waals surface area contributed by atoms with E-state index in [-0.39, 0.29) is 31.1 Å². The molecule has 0 radical (unpaired) electrons. The number of imide groups is 1. The highest BCUT2D eigenvalue weighted by Crippen LogP contribution is 2.46. The molecule has 2 aromatic rings. The Balaban J connectivity index is 1.58. The fourth-order valence-electron chi connectivity index (χ4n) is 4.89. The smallest absolute Gasteiger partial charge is 0.432 e. The Kier molecular flexibility index (Phi) is 8.18. The SMILES string of the molecule is CCCCCc1ccc2c(c1)C(COC(=O)ON1C(=O)CCC1=O)c1cc(C(=O)CCCC)ccc1-2. The minimum atomic E-state index is -1.09. The summed E-state index contributed by atoms with van der Waals surface area (Å²) >= 11 is 0. The van der Waals surface area contributed by atoms with Crippen LogP contribution in [0.3, 0.4) is 0 Å². The Labute approximate surface area is 211 Å². The van der Waals surface area contributed by atoms with Gasteiger partial charge in [0.15, 0.2) is 5.78 Å². The predicted molar refractivity (Wildman–Crippen MR) is 134 cm³/mol. The van der Waals surface area contributed by atoms with Gasteiger partial charge in [0.1, 0.15) is 6.61 Å². The maximum atomic E-state index is 12.7. The second kappa shape index (κ2) is 11.5. The standard InChI is InChI=1S/C29H33NO6/c1-3-5-7-8-19-10-12-21-22-13-11-20(26(31)9-6-4-2)17-24(22)25(23(21)16-19)18-35-29(34)36-30-27(32)14-15-28(30)33/h10-13,16-17,25H,3-9,14-15,18H2,1-2H3. The number of ether oxygens (including phenoxy) is 1. The van der Waals surface area contributed by atoms with Crippen molar-refractivity contribution in [1.82, 2.24) is 5.06 Å². The minimum absolute atomic E-state index is 0.0190. The summed E-state index contributed by atoms with van der Waals surface area (Å²) in [6, 6.07) is 12.2. The molecule has 1 aliphatic carbocycles. The average molecular weight is 492 g/mol. The van der Waals surface area contributed by atoms with E-state index in [1.54, 1.807) is 0 Å². The monoisotopic (exact) mass is 491 g/mol. The Morgan fingerprint density at radius 2 is 1.56 bits per heavy atom. The highest BCUT2D eigenvalue weighted by molar-refractivity contribution is 6.01. The molecule has 1 atom stereocenters. The predicted octanol–water partition coefficient (Wildman–Crippen LogP) is 6.12. The number of Topliss-reactive ketones (excluding diaryl/α,β-unsaturated/α-hetero) is 1. The zero-order valence-corrected chi connectivity index (χ0v) is 21.0. The number of nitrogens with zero attached hydrogens (tertiary/aromatic N) is 1. The molecule has 0 saturated carbocycles. The van der Waals surface area contributed by atoms with Gasteiger partial charge in [0.2, 0.25) is 0 Å². The van der Waals surface area contributed by atoms with Crippen LogP contribution in [0.2, 0.25) is 0 Å². The Bertz CT molecular complexity index is 1150. The molecule has 0 aromatic heterocycles. The third-order valence-electron chi connectivity index (χ3n) is 6.90. The van der Waals surface area contributed by atoms with Crippen LogP contribution in [0.4, 0.5) is 4.79 Å². The molecule has 1 saturated heterocycles. The Morgan fingerprint density at radius 1 is 0.889 bits per heavy atom. The van der Waals surface area contributed by atoms with Gasteiger partial charge in [0.25, 0.3) is 11.8 Å². The second-order valence-electron chi connectivity index (χ2n) is 9.49. The van der Waals surface area contributed by atoms with Crippen molar-refractivity contribution in [2.75, 3.05) is 6.61 Å². The van der Waals surface area contributed by atoms with Crippen molar-refractivity contribution in [3.8, 4) is 11.1 Å². The maximum Gasteiger partial charge on any atom is 0.533 e. The van der Waals surface area contributed by atoms with Crippen molar-refractivity contribution in [1.29, 1.82) is 0 Å². The molecule has 1 unspecified atom stereocenters. The molecule has 1 heterocycles. The third-order valence-corrected chi connectivity index (χ3v) is 6.90. The minimum Gasteiger partial charge on any atom is -0.432 e. The van der Waals surface area contributed by atoms with Gasteiger partial charge in [-0.05, 0) is 53.1 Å². The Hall–Kier alpha value is -3.48. The topological polar surface area (TPSA) is 90.0 Å². The van der Waals surface area contributed by atoms with Crippen LogP contribution in [0, 0.1) is 0 Å². The molecule has 190 valence electrons. The molecule has 0 spiro atoms. The number of rotatable bonds is 11. The number of hydrogen-bond acceptors (Lipinski definition) is 6. The summed E-state index contributed by atoms with van der Waals surface area (Å²) in [5.74, 6) is -1.29. The maximum absolute atomic E-state index is 12.7. The van der Waals surface area contributed by atoms with Gasteiger partial charge in [-0.15, -0.1) is 0 Å². The highest BCUT2D eigenvalue weighted by atomic mass is 16.8. The first kappa shape index (κ1) is 25.6. The number of aryl methyl sites for hydroxylation is 1. The van der Waals surface area contributed by atoms with Gasteiger partial charge in [0, 0.05) is 30.7 Å². The Morgan fingerprint density at radius 3 is 2.25 bits per heavy atom. The summed E-state index contributed by atoms with van der Waals surface area (Å²) in [4.78, 5) is 53.5. The summed E-state index contributed by atoms with van der Waals surface area (Å²) in [7, 11) is 0. The van der Waals surface area contributed by atoms with Crippen molar-refractivity contribution < 1.29 is 28.8 Å². The van der Waals surface area contributed by atoms with Crippen LogP contribution in [0.5, 0.6) is 0 Å². The van der Waals surface area contributed by atoms with Crippen LogP contribution in [-0.2, 0) is 25.6 Å². The van der Waals surface area contributed by atoms with Crippen LogP contribution >= 0.6 is 0 Å². The molecular formula is C29H33NO6. The molecule has 0 bridgehead atoms. The number of hydrogen-bond donors (Lipinski definition) is 0. The van der Waals surface area contributed by atoms with E-state index in [0.717, 1.165) is 60.8 Å². The first-order chi connectivity index (χ1) is 17.4. The molecule has 7 heteroatoms. The van der Waals surface area contributed by atoms with E-state index < -0.39 is 18.0 Å². The number of unbranched alkanes of at least 4 members (excludes halogenated alkanes) is 3. The summed E-state index contributed by atoms with van der Waals surface area (Å²) < 4.78 is 5.41. The van der Waals surface area contributed by atoms with Gasteiger partial charge in [-0.2, -0.15) is 0 Å². The average Bonchev–Trinajstić information content (AvgIpc) is 3.36. The van der Waals surface area contributed by atoms with Gasteiger partial charge >= 0.3 is 6.16 Å². The number of amides is 2.